The summed E-state index contributed by atoms with van der Waals surface area (Å²) in [7, 11) is 0. The lowest BCUT2D eigenvalue weighted by molar-refractivity contribution is -0.133. The molecule has 0 aliphatic carbocycles. The van der Waals surface area contributed by atoms with Crippen molar-refractivity contribution in [2.75, 3.05) is 43.4 Å². The normalized spacial score (nSPS) is 14.3. The van der Waals surface area contributed by atoms with Crippen molar-refractivity contribution in [2.45, 2.75) is 46.5 Å². The summed E-state index contributed by atoms with van der Waals surface area (Å²) in [5.74, 6) is 1.14. The Morgan fingerprint density at radius 1 is 1.19 bits per heavy atom. The SMILES string of the molecule is CCN(CC)CC(=O)N1CCC(c2cc(F)c(Nc3ncc(Cl)c(Nc4cc(C)[nH]n4)n3)cc2C)CC1. The second-order valence-electron chi connectivity index (χ2n) is 9.38. The molecule has 11 heteroatoms. The standard InChI is InChI=1S/C26H34ClFN8O/c1-5-35(6-2)15-24(37)36-9-7-18(8-10-36)19-13-21(28)22(11-16(19)3)30-26-29-14-20(27)25(32-26)31-23-12-17(4)33-34-23/h11-14,18H,5-10,15H2,1-4H3,(H3,29,30,31,32,33,34). The van der Waals surface area contributed by atoms with Crippen LogP contribution in [0.15, 0.2) is 24.4 Å². The number of aryl methyl sites for hydroxylation is 2. The first-order valence-corrected chi connectivity index (χ1v) is 13.0. The minimum atomic E-state index is -0.378. The number of carbonyl (C=O) groups excluding carboxylic acids is 1. The van der Waals surface area contributed by atoms with E-state index in [-0.39, 0.29) is 29.3 Å². The van der Waals surface area contributed by atoms with Crippen molar-refractivity contribution in [1.29, 1.82) is 0 Å². The van der Waals surface area contributed by atoms with Crippen LogP contribution in [-0.2, 0) is 4.79 Å². The van der Waals surface area contributed by atoms with Gasteiger partial charge in [-0.1, -0.05) is 25.4 Å². The quantitative estimate of drug-likeness (QED) is 0.353. The van der Waals surface area contributed by atoms with Crippen LogP contribution >= 0.6 is 11.6 Å². The molecule has 0 atom stereocenters. The second kappa shape index (κ2) is 11.9. The van der Waals surface area contributed by atoms with Crippen LogP contribution in [0.25, 0.3) is 0 Å². The molecule has 4 rings (SSSR count). The van der Waals surface area contributed by atoms with Crippen LogP contribution < -0.4 is 10.6 Å². The number of rotatable bonds is 9. The summed E-state index contributed by atoms with van der Waals surface area (Å²) in [6, 6.07) is 5.20. The number of aromatic nitrogens is 4. The smallest absolute Gasteiger partial charge is 0.236 e. The van der Waals surface area contributed by atoms with E-state index in [0.29, 0.717) is 36.3 Å². The molecule has 1 aliphatic rings. The highest BCUT2D eigenvalue weighted by atomic mass is 35.5. The third kappa shape index (κ3) is 6.56. The third-order valence-corrected chi connectivity index (χ3v) is 7.12. The predicted octanol–water partition coefficient (Wildman–Crippen LogP) is 5.14. The number of carbonyl (C=O) groups is 1. The highest BCUT2D eigenvalue weighted by Gasteiger charge is 2.26. The van der Waals surface area contributed by atoms with Crippen molar-refractivity contribution in [1.82, 2.24) is 30.0 Å². The van der Waals surface area contributed by atoms with Crippen molar-refractivity contribution in [3.05, 3.63) is 52.1 Å². The van der Waals surface area contributed by atoms with Crippen LogP contribution in [0.2, 0.25) is 5.02 Å². The van der Waals surface area contributed by atoms with Gasteiger partial charge < -0.3 is 15.5 Å². The largest absolute Gasteiger partial charge is 0.342 e. The molecule has 9 nitrogen and oxygen atoms in total. The summed E-state index contributed by atoms with van der Waals surface area (Å²) in [4.78, 5) is 25.3. The molecular formula is C26H34ClFN8O. The van der Waals surface area contributed by atoms with Crippen LogP contribution in [0.1, 0.15) is 49.4 Å². The lowest BCUT2D eigenvalue weighted by atomic mass is 9.86. The van der Waals surface area contributed by atoms with Gasteiger partial charge in [-0.05, 0) is 69.0 Å². The van der Waals surface area contributed by atoms with Gasteiger partial charge >= 0.3 is 0 Å². The van der Waals surface area contributed by atoms with Gasteiger partial charge in [0.15, 0.2) is 11.6 Å². The van der Waals surface area contributed by atoms with E-state index in [1.807, 2.05) is 24.8 Å². The Kier molecular flexibility index (Phi) is 8.60. The predicted molar refractivity (Wildman–Crippen MR) is 144 cm³/mol. The van der Waals surface area contributed by atoms with Crippen LogP contribution in [0.3, 0.4) is 0 Å². The van der Waals surface area contributed by atoms with Gasteiger partial charge in [0.25, 0.3) is 0 Å². The molecule has 37 heavy (non-hydrogen) atoms. The highest BCUT2D eigenvalue weighted by Crippen LogP contribution is 2.34. The Morgan fingerprint density at radius 2 is 1.92 bits per heavy atom. The van der Waals surface area contributed by atoms with Crippen molar-refractivity contribution >= 4 is 40.8 Å². The highest BCUT2D eigenvalue weighted by molar-refractivity contribution is 6.32. The fourth-order valence-electron chi connectivity index (χ4n) is 4.65. The molecule has 0 spiro atoms. The van der Waals surface area contributed by atoms with E-state index in [2.05, 4.69) is 49.5 Å². The number of nitrogens with zero attached hydrogens (tertiary/aromatic N) is 5. The number of nitrogens with one attached hydrogen (secondary N) is 3. The Bertz CT molecular complexity index is 1240. The maximum atomic E-state index is 15.2. The summed E-state index contributed by atoms with van der Waals surface area (Å²) < 4.78 is 15.2. The molecule has 198 valence electrons. The minimum absolute atomic E-state index is 0.170. The molecule has 1 amide bonds. The molecular weight excluding hydrogens is 495 g/mol. The average Bonchev–Trinajstić information content (AvgIpc) is 3.30. The van der Waals surface area contributed by atoms with Gasteiger partial charge in [0, 0.05) is 24.8 Å². The number of hydrogen-bond donors (Lipinski definition) is 3. The van der Waals surface area contributed by atoms with Crippen LogP contribution in [0.5, 0.6) is 0 Å². The lowest BCUT2D eigenvalue weighted by Gasteiger charge is -2.34. The molecule has 0 saturated carbocycles. The molecule has 3 aromatic rings. The van der Waals surface area contributed by atoms with E-state index < -0.39 is 0 Å². The van der Waals surface area contributed by atoms with E-state index in [0.717, 1.165) is 42.8 Å². The average molecular weight is 529 g/mol. The first kappa shape index (κ1) is 26.8. The Balaban J connectivity index is 1.42. The Morgan fingerprint density at radius 3 is 2.57 bits per heavy atom. The zero-order valence-electron chi connectivity index (χ0n) is 21.7. The number of halogens is 2. The minimum Gasteiger partial charge on any atom is -0.342 e. The molecule has 1 aromatic carbocycles. The molecule has 1 fully saturated rings. The molecule has 0 radical (unpaired) electrons. The summed E-state index contributed by atoms with van der Waals surface area (Å²) in [5.41, 5.74) is 3.14. The number of likely N-dealkylation sites (tertiary alicyclic amines) is 1. The molecule has 2 aromatic heterocycles. The van der Waals surface area contributed by atoms with E-state index >= 15 is 4.39 Å². The molecule has 0 unspecified atom stereocenters. The number of piperidine rings is 1. The van der Waals surface area contributed by atoms with E-state index in [1.54, 1.807) is 12.1 Å². The van der Waals surface area contributed by atoms with Gasteiger partial charge in [0.05, 0.1) is 18.4 Å². The lowest BCUT2D eigenvalue weighted by Crippen LogP contribution is -2.43. The Labute approximate surface area is 221 Å². The topological polar surface area (TPSA) is 102 Å². The summed E-state index contributed by atoms with van der Waals surface area (Å²) in [5, 5.41) is 13.3. The molecule has 3 heterocycles. The molecule has 3 N–H and O–H groups in total. The number of aromatic amines is 1. The van der Waals surface area contributed by atoms with Crippen molar-refractivity contribution in [3.63, 3.8) is 0 Å². The third-order valence-electron chi connectivity index (χ3n) is 6.84. The maximum absolute atomic E-state index is 15.2. The fourth-order valence-corrected chi connectivity index (χ4v) is 4.79. The van der Waals surface area contributed by atoms with Gasteiger partial charge in [-0.15, -0.1) is 0 Å². The van der Waals surface area contributed by atoms with Crippen molar-refractivity contribution in [3.8, 4) is 0 Å². The number of benzene rings is 1. The van der Waals surface area contributed by atoms with E-state index in [1.165, 1.54) is 6.20 Å². The van der Waals surface area contributed by atoms with Gasteiger partial charge in [-0.25, -0.2) is 9.37 Å². The summed E-state index contributed by atoms with van der Waals surface area (Å²) >= 11 is 6.23. The first-order valence-electron chi connectivity index (χ1n) is 12.7. The number of amides is 1. The van der Waals surface area contributed by atoms with Crippen molar-refractivity contribution < 1.29 is 9.18 Å². The van der Waals surface area contributed by atoms with E-state index in [9.17, 15) is 4.79 Å². The molecule has 0 bridgehead atoms. The number of likely N-dealkylation sites (N-methyl/N-ethyl adjacent to an activating group) is 1. The van der Waals surface area contributed by atoms with Crippen molar-refractivity contribution in [2.24, 2.45) is 0 Å². The maximum Gasteiger partial charge on any atom is 0.236 e. The first-order chi connectivity index (χ1) is 17.8. The van der Waals surface area contributed by atoms with Gasteiger partial charge in [-0.2, -0.15) is 10.1 Å². The fraction of sp³-hybridized carbons (Fsp3) is 0.462. The number of hydrogen-bond acceptors (Lipinski definition) is 7. The number of anilines is 4. The second-order valence-corrected chi connectivity index (χ2v) is 9.79. The van der Waals surface area contributed by atoms with Crippen LogP contribution in [0.4, 0.5) is 27.7 Å². The summed E-state index contributed by atoms with van der Waals surface area (Å²) in [6.45, 7) is 11.6. The van der Waals surface area contributed by atoms with Gasteiger partial charge in [-0.3, -0.25) is 14.8 Å². The molecule has 1 saturated heterocycles. The summed E-state index contributed by atoms with van der Waals surface area (Å²) in [6.07, 6.45) is 3.09. The van der Waals surface area contributed by atoms with E-state index in [4.69, 9.17) is 11.6 Å². The Hall–Kier alpha value is -3.24. The molecule has 1 aliphatic heterocycles. The van der Waals surface area contributed by atoms with Gasteiger partial charge in [0.1, 0.15) is 10.8 Å². The zero-order chi connectivity index (χ0) is 26.5. The van der Waals surface area contributed by atoms with Gasteiger partial charge in [0.2, 0.25) is 11.9 Å². The zero-order valence-corrected chi connectivity index (χ0v) is 22.5. The van der Waals surface area contributed by atoms with Crippen LogP contribution in [0, 0.1) is 19.7 Å². The number of H-pyrrole nitrogens is 1. The monoisotopic (exact) mass is 528 g/mol. The van der Waals surface area contributed by atoms with Crippen LogP contribution in [-0.4, -0.2) is 68.6 Å².